The minimum atomic E-state index is -0.912. The van der Waals surface area contributed by atoms with E-state index in [4.69, 9.17) is 10.8 Å². The van der Waals surface area contributed by atoms with Crippen molar-refractivity contribution in [2.45, 2.75) is 32.2 Å². The second-order valence-electron chi connectivity index (χ2n) is 4.90. The molecule has 3 heteroatoms. The van der Waals surface area contributed by atoms with Gasteiger partial charge in [0, 0.05) is 0 Å². The maximum atomic E-state index is 10.8. The maximum Gasteiger partial charge on any atom is 0.323 e. The normalized spacial score (nSPS) is 48.6. The van der Waals surface area contributed by atoms with Crippen LogP contribution < -0.4 is 5.73 Å². The Morgan fingerprint density at radius 3 is 2.17 bits per heavy atom. The lowest BCUT2D eigenvalue weighted by Crippen LogP contribution is -2.47. The minimum absolute atomic E-state index is 0.359. The topological polar surface area (TPSA) is 63.3 Å². The summed E-state index contributed by atoms with van der Waals surface area (Å²) in [5, 5.41) is 8.86. The number of carbonyl (C=O) groups is 1. The van der Waals surface area contributed by atoms with Gasteiger partial charge < -0.3 is 10.8 Å². The molecule has 2 saturated carbocycles. The van der Waals surface area contributed by atoms with Gasteiger partial charge in [0.05, 0.1) is 0 Å². The van der Waals surface area contributed by atoms with Gasteiger partial charge in [-0.15, -0.1) is 0 Å². The van der Waals surface area contributed by atoms with Gasteiger partial charge in [0.2, 0.25) is 0 Å². The molecule has 2 rings (SSSR count). The van der Waals surface area contributed by atoms with Crippen molar-refractivity contribution in [2.24, 2.45) is 23.0 Å². The summed E-state index contributed by atoms with van der Waals surface area (Å²) >= 11 is 0. The fraction of sp³-hybridized carbons (Fsp3) is 0.889. The third-order valence-electron chi connectivity index (χ3n) is 3.88. The summed E-state index contributed by atoms with van der Waals surface area (Å²) in [4.78, 5) is 10.8. The predicted octanol–water partition coefficient (Wildman–Crippen LogP) is 0.834. The molecule has 0 aromatic rings. The molecule has 12 heavy (non-hydrogen) atoms. The SMILES string of the molecule is CC1(C)C2CC(N)(C(=O)O)CC21. The highest BCUT2D eigenvalue weighted by Crippen LogP contribution is 2.68. The highest BCUT2D eigenvalue weighted by molar-refractivity contribution is 5.79. The van der Waals surface area contributed by atoms with Crippen LogP contribution in [0.15, 0.2) is 0 Å². The van der Waals surface area contributed by atoms with Crippen molar-refractivity contribution in [1.82, 2.24) is 0 Å². The van der Waals surface area contributed by atoms with E-state index in [0.29, 0.717) is 30.1 Å². The standard InChI is InChI=1S/C9H15NO2/c1-8(2)5-3-9(10,7(11)12)4-6(5)8/h5-6H,3-4,10H2,1-2H3,(H,11,12). The fourth-order valence-electron chi connectivity index (χ4n) is 2.71. The van der Waals surface area contributed by atoms with E-state index >= 15 is 0 Å². The Labute approximate surface area is 71.9 Å². The van der Waals surface area contributed by atoms with E-state index in [0.717, 1.165) is 0 Å². The van der Waals surface area contributed by atoms with E-state index < -0.39 is 11.5 Å². The Balaban J connectivity index is 2.11. The number of rotatable bonds is 1. The summed E-state index contributed by atoms with van der Waals surface area (Å²) in [6.45, 7) is 4.40. The average Bonchev–Trinajstić information content (AvgIpc) is 2.38. The molecule has 3 N–H and O–H groups in total. The average molecular weight is 169 g/mol. The monoisotopic (exact) mass is 169 g/mol. The van der Waals surface area contributed by atoms with Gasteiger partial charge >= 0.3 is 5.97 Å². The zero-order valence-electron chi connectivity index (χ0n) is 7.50. The molecule has 2 aliphatic rings. The first-order valence-electron chi connectivity index (χ1n) is 4.40. The van der Waals surface area contributed by atoms with Gasteiger partial charge in [0.1, 0.15) is 5.54 Å². The zero-order chi connectivity index (χ0) is 9.15. The molecule has 0 aromatic heterocycles. The van der Waals surface area contributed by atoms with Gasteiger partial charge in [-0.3, -0.25) is 4.79 Å². The number of fused-ring (bicyclic) bond motifs is 1. The Kier molecular flexibility index (Phi) is 1.24. The lowest BCUT2D eigenvalue weighted by molar-refractivity contribution is -0.143. The van der Waals surface area contributed by atoms with Crippen LogP contribution in [0.2, 0.25) is 0 Å². The van der Waals surface area contributed by atoms with Crippen molar-refractivity contribution < 1.29 is 9.90 Å². The highest BCUT2D eigenvalue weighted by Gasteiger charge is 2.67. The van der Waals surface area contributed by atoms with E-state index in [9.17, 15) is 4.79 Å². The molecule has 0 saturated heterocycles. The van der Waals surface area contributed by atoms with Crippen molar-refractivity contribution in [1.29, 1.82) is 0 Å². The molecule has 0 heterocycles. The third-order valence-corrected chi connectivity index (χ3v) is 3.88. The molecule has 68 valence electrons. The number of carboxylic acid groups (broad SMARTS) is 1. The van der Waals surface area contributed by atoms with Crippen molar-refractivity contribution >= 4 is 5.97 Å². The van der Waals surface area contributed by atoms with Crippen LogP contribution in [-0.2, 0) is 4.79 Å². The predicted molar refractivity (Wildman–Crippen MR) is 44.5 cm³/mol. The molecule has 0 aliphatic heterocycles. The van der Waals surface area contributed by atoms with Crippen LogP contribution in [0, 0.1) is 17.3 Å². The minimum Gasteiger partial charge on any atom is -0.480 e. The van der Waals surface area contributed by atoms with E-state index in [1.165, 1.54) is 0 Å². The maximum absolute atomic E-state index is 10.8. The number of carboxylic acids is 1. The lowest BCUT2D eigenvalue weighted by atomic mass is 9.87. The molecule has 0 bridgehead atoms. The van der Waals surface area contributed by atoms with Crippen LogP contribution in [0.1, 0.15) is 26.7 Å². The number of nitrogens with two attached hydrogens (primary N) is 1. The molecule has 0 radical (unpaired) electrons. The van der Waals surface area contributed by atoms with Gasteiger partial charge in [-0.1, -0.05) is 13.8 Å². The van der Waals surface area contributed by atoms with E-state index in [1.807, 2.05) is 0 Å². The van der Waals surface area contributed by atoms with Crippen molar-refractivity contribution in [3.05, 3.63) is 0 Å². The molecule has 2 atom stereocenters. The van der Waals surface area contributed by atoms with Crippen molar-refractivity contribution in [3.63, 3.8) is 0 Å². The van der Waals surface area contributed by atoms with Gasteiger partial charge in [-0.2, -0.15) is 0 Å². The van der Waals surface area contributed by atoms with Crippen LogP contribution in [0.3, 0.4) is 0 Å². The molecule has 2 fully saturated rings. The molecular formula is C9H15NO2. The molecule has 2 unspecified atom stereocenters. The first-order valence-corrected chi connectivity index (χ1v) is 4.40. The summed E-state index contributed by atoms with van der Waals surface area (Å²) in [5.41, 5.74) is 5.19. The summed E-state index contributed by atoms with van der Waals surface area (Å²) in [7, 11) is 0. The van der Waals surface area contributed by atoms with Crippen molar-refractivity contribution in [2.75, 3.05) is 0 Å². The largest absolute Gasteiger partial charge is 0.480 e. The summed E-state index contributed by atoms with van der Waals surface area (Å²) in [5.74, 6) is 0.280. The smallest absolute Gasteiger partial charge is 0.323 e. The first-order chi connectivity index (χ1) is 5.38. The van der Waals surface area contributed by atoms with Crippen LogP contribution in [0.4, 0.5) is 0 Å². The Morgan fingerprint density at radius 2 is 1.83 bits per heavy atom. The number of aliphatic carboxylic acids is 1. The Bertz CT molecular complexity index is 233. The molecule has 0 aromatic carbocycles. The molecular weight excluding hydrogens is 154 g/mol. The van der Waals surface area contributed by atoms with Crippen LogP contribution in [0.25, 0.3) is 0 Å². The molecule has 2 aliphatic carbocycles. The van der Waals surface area contributed by atoms with Crippen LogP contribution in [-0.4, -0.2) is 16.6 Å². The summed E-state index contributed by atoms with van der Waals surface area (Å²) < 4.78 is 0. The third kappa shape index (κ3) is 0.774. The van der Waals surface area contributed by atoms with Crippen LogP contribution in [0.5, 0.6) is 0 Å². The number of hydrogen-bond donors (Lipinski definition) is 2. The molecule has 0 amide bonds. The lowest BCUT2D eigenvalue weighted by Gasteiger charge is -2.23. The highest BCUT2D eigenvalue weighted by atomic mass is 16.4. The first kappa shape index (κ1) is 8.05. The van der Waals surface area contributed by atoms with Crippen molar-refractivity contribution in [3.8, 4) is 0 Å². The molecule has 0 spiro atoms. The quantitative estimate of drug-likeness (QED) is 0.611. The Morgan fingerprint density at radius 1 is 1.42 bits per heavy atom. The van der Waals surface area contributed by atoms with Crippen LogP contribution >= 0.6 is 0 Å². The second kappa shape index (κ2) is 1.84. The van der Waals surface area contributed by atoms with E-state index in [1.54, 1.807) is 0 Å². The summed E-state index contributed by atoms with van der Waals surface area (Å²) in [6, 6.07) is 0. The van der Waals surface area contributed by atoms with Gasteiger partial charge in [-0.05, 0) is 30.1 Å². The van der Waals surface area contributed by atoms with E-state index in [-0.39, 0.29) is 0 Å². The van der Waals surface area contributed by atoms with E-state index in [2.05, 4.69) is 13.8 Å². The van der Waals surface area contributed by atoms with Gasteiger partial charge in [0.15, 0.2) is 0 Å². The zero-order valence-corrected chi connectivity index (χ0v) is 7.50. The molecule has 3 nitrogen and oxygen atoms in total. The fourth-order valence-corrected chi connectivity index (χ4v) is 2.71. The summed E-state index contributed by atoms with van der Waals surface area (Å²) in [6.07, 6.45) is 1.33. The van der Waals surface area contributed by atoms with Gasteiger partial charge in [-0.25, -0.2) is 0 Å². The van der Waals surface area contributed by atoms with Gasteiger partial charge in [0.25, 0.3) is 0 Å². The number of hydrogen-bond acceptors (Lipinski definition) is 2. The second-order valence-corrected chi connectivity index (χ2v) is 4.90. The Hall–Kier alpha value is -0.570.